The van der Waals surface area contributed by atoms with Crippen LogP contribution in [-0.4, -0.2) is 46.3 Å². The molecule has 9 nitrogen and oxygen atoms in total. The number of ketones is 2. The van der Waals surface area contributed by atoms with E-state index in [0.29, 0.717) is 0 Å². The lowest BCUT2D eigenvalue weighted by molar-refractivity contribution is -0.145. The van der Waals surface area contributed by atoms with Gasteiger partial charge in [0.25, 0.3) is 0 Å². The molecule has 1 aromatic carbocycles. The largest absolute Gasteiger partial charge is 0.458 e. The molecule has 31 heavy (non-hydrogen) atoms. The van der Waals surface area contributed by atoms with E-state index in [0.717, 1.165) is 26.8 Å². The molecule has 0 radical (unpaired) electrons. The Morgan fingerprint density at radius 1 is 0.935 bits per heavy atom. The van der Waals surface area contributed by atoms with Gasteiger partial charge in [-0.05, 0) is 44.9 Å². The Bertz CT molecular complexity index is 979. The summed E-state index contributed by atoms with van der Waals surface area (Å²) in [4.78, 5) is 60.8. The van der Waals surface area contributed by atoms with Gasteiger partial charge in [0.05, 0.1) is 16.7 Å². The van der Waals surface area contributed by atoms with Crippen molar-refractivity contribution in [3.05, 3.63) is 34.9 Å². The number of Topliss-reactive ketones (excluding diaryl/α,β-unsaturated/α-hetero) is 1. The van der Waals surface area contributed by atoms with Gasteiger partial charge < -0.3 is 19.3 Å². The quantitative estimate of drug-likeness (QED) is 0.509. The number of esters is 3. The van der Waals surface area contributed by atoms with Crippen molar-refractivity contribution in [2.75, 3.05) is 0 Å². The zero-order valence-electron chi connectivity index (χ0n) is 17.9. The summed E-state index contributed by atoms with van der Waals surface area (Å²) in [5.74, 6) is -3.87. The van der Waals surface area contributed by atoms with Crippen molar-refractivity contribution in [1.82, 2.24) is 0 Å². The van der Waals surface area contributed by atoms with Crippen LogP contribution in [0.5, 0.6) is 11.5 Å². The summed E-state index contributed by atoms with van der Waals surface area (Å²) in [7, 11) is 0. The lowest BCUT2D eigenvalue weighted by atomic mass is 9.84. The smallest absolute Gasteiger partial charge is 0.308 e. The third kappa shape index (κ3) is 6.08. The van der Waals surface area contributed by atoms with Crippen LogP contribution in [0, 0.1) is 0 Å². The van der Waals surface area contributed by atoms with E-state index in [2.05, 4.69) is 0 Å². The minimum Gasteiger partial charge on any atom is -0.458 e. The molecule has 1 N–H and O–H groups in total. The number of hydrogen-bond donors (Lipinski definition) is 1. The second-order valence-corrected chi connectivity index (χ2v) is 7.74. The molecule has 9 heteroatoms. The fourth-order valence-corrected chi connectivity index (χ4v) is 3.14. The zero-order valence-corrected chi connectivity index (χ0v) is 17.9. The van der Waals surface area contributed by atoms with Crippen LogP contribution in [0.3, 0.4) is 0 Å². The first-order chi connectivity index (χ1) is 14.3. The number of aliphatic hydroxyl groups is 1. The van der Waals surface area contributed by atoms with E-state index in [1.54, 1.807) is 13.8 Å². The Labute approximate surface area is 179 Å². The molecule has 0 bridgehead atoms. The van der Waals surface area contributed by atoms with Crippen LogP contribution in [-0.2, 0) is 19.1 Å². The van der Waals surface area contributed by atoms with E-state index >= 15 is 0 Å². The number of hydrogen-bond acceptors (Lipinski definition) is 9. The van der Waals surface area contributed by atoms with E-state index in [-0.39, 0.29) is 41.0 Å². The summed E-state index contributed by atoms with van der Waals surface area (Å²) < 4.78 is 15.4. The first-order valence-corrected chi connectivity index (χ1v) is 9.54. The molecule has 2 rings (SSSR count). The van der Waals surface area contributed by atoms with Gasteiger partial charge in [0.1, 0.15) is 17.6 Å². The molecule has 0 saturated heterocycles. The molecule has 0 aliphatic heterocycles. The highest BCUT2D eigenvalue weighted by atomic mass is 16.5. The highest BCUT2D eigenvalue weighted by Crippen LogP contribution is 2.38. The van der Waals surface area contributed by atoms with Crippen molar-refractivity contribution in [3.8, 4) is 11.5 Å². The van der Waals surface area contributed by atoms with Crippen molar-refractivity contribution in [3.63, 3.8) is 0 Å². The average Bonchev–Trinajstić information content (AvgIpc) is 2.61. The summed E-state index contributed by atoms with van der Waals surface area (Å²) in [6.45, 7) is 6.53. The van der Waals surface area contributed by atoms with Crippen molar-refractivity contribution in [2.24, 2.45) is 0 Å². The Hall–Kier alpha value is -3.33. The molecule has 0 heterocycles. The van der Waals surface area contributed by atoms with E-state index < -0.39 is 41.2 Å². The van der Waals surface area contributed by atoms with Crippen LogP contribution in [0.25, 0.3) is 0 Å². The standard InChI is InChI=1S/C22H24O9/c1-11(23)29-16(8-9-22(4,5)28)14-10-15(26)19-17(30-12(2)24)6-7-18(31-13(3)25)20(19)21(14)27/h6-7,10,16,28H,8-9H2,1-5H3. The highest BCUT2D eigenvalue weighted by Gasteiger charge is 2.37. The zero-order chi connectivity index (χ0) is 23.5. The Kier molecular flexibility index (Phi) is 7.12. The highest BCUT2D eigenvalue weighted by molar-refractivity contribution is 6.27. The van der Waals surface area contributed by atoms with Gasteiger partial charge >= 0.3 is 17.9 Å². The van der Waals surface area contributed by atoms with Gasteiger partial charge in [0.15, 0.2) is 11.6 Å². The minimum atomic E-state index is -1.11. The SMILES string of the molecule is CC(=O)Oc1ccc(OC(C)=O)c2c1C(=O)C=C(C(CCC(C)(C)O)OC(C)=O)C2=O. The van der Waals surface area contributed by atoms with E-state index in [1.165, 1.54) is 12.1 Å². The number of benzene rings is 1. The topological polar surface area (TPSA) is 133 Å². The third-order valence-corrected chi connectivity index (χ3v) is 4.33. The van der Waals surface area contributed by atoms with E-state index in [9.17, 15) is 29.1 Å². The maximum Gasteiger partial charge on any atom is 0.308 e. The summed E-state index contributed by atoms with van der Waals surface area (Å²) in [6, 6.07) is 2.49. The molecule has 1 unspecified atom stereocenters. The summed E-state index contributed by atoms with van der Waals surface area (Å²) in [5.41, 5.74) is -1.74. The summed E-state index contributed by atoms with van der Waals surface area (Å²) in [5, 5.41) is 10.0. The first kappa shape index (κ1) is 23.9. The number of fused-ring (bicyclic) bond motifs is 1. The van der Waals surface area contributed by atoms with Gasteiger partial charge in [-0.2, -0.15) is 0 Å². The number of rotatable bonds is 7. The van der Waals surface area contributed by atoms with Crippen LogP contribution in [0.1, 0.15) is 68.2 Å². The lowest BCUT2D eigenvalue weighted by Gasteiger charge is -2.26. The fourth-order valence-electron chi connectivity index (χ4n) is 3.14. The molecule has 0 fully saturated rings. The molecular formula is C22H24O9. The second-order valence-electron chi connectivity index (χ2n) is 7.74. The van der Waals surface area contributed by atoms with Crippen LogP contribution < -0.4 is 9.47 Å². The number of carbonyl (C=O) groups is 5. The lowest BCUT2D eigenvalue weighted by Crippen LogP contribution is -2.31. The molecule has 0 amide bonds. The van der Waals surface area contributed by atoms with Crippen LogP contribution in [0.2, 0.25) is 0 Å². The molecule has 1 aliphatic rings. The average molecular weight is 432 g/mol. The third-order valence-electron chi connectivity index (χ3n) is 4.33. The van der Waals surface area contributed by atoms with Crippen LogP contribution in [0.4, 0.5) is 0 Å². The van der Waals surface area contributed by atoms with Gasteiger partial charge in [0.2, 0.25) is 0 Å². The Balaban J connectivity index is 2.60. The van der Waals surface area contributed by atoms with Crippen molar-refractivity contribution < 1.29 is 43.3 Å². The predicted octanol–water partition coefficient (Wildman–Crippen LogP) is 2.33. The van der Waals surface area contributed by atoms with Crippen molar-refractivity contribution >= 4 is 29.5 Å². The monoisotopic (exact) mass is 432 g/mol. The van der Waals surface area contributed by atoms with Gasteiger partial charge in [-0.15, -0.1) is 0 Å². The Morgan fingerprint density at radius 3 is 1.90 bits per heavy atom. The predicted molar refractivity (Wildman–Crippen MR) is 107 cm³/mol. The van der Waals surface area contributed by atoms with Crippen LogP contribution in [0.15, 0.2) is 23.8 Å². The van der Waals surface area contributed by atoms with Gasteiger partial charge in [0, 0.05) is 26.3 Å². The van der Waals surface area contributed by atoms with Crippen molar-refractivity contribution in [2.45, 2.75) is 59.2 Å². The molecule has 0 saturated carbocycles. The Morgan fingerprint density at radius 2 is 1.45 bits per heavy atom. The molecule has 1 aliphatic carbocycles. The maximum absolute atomic E-state index is 13.3. The van der Waals surface area contributed by atoms with Crippen molar-refractivity contribution in [1.29, 1.82) is 0 Å². The summed E-state index contributed by atoms with van der Waals surface area (Å²) in [6.07, 6.45) is 0.125. The molecular weight excluding hydrogens is 408 g/mol. The normalized spacial score (nSPS) is 14.3. The minimum absolute atomic E-state index is 0.0653. The molecule has 0 spiro atoms. The molecule has 0 aromatic heterocycles. The van der Waals surface area contributed by atoms with Gasteiger partial charge in [-0.1, -0.05) is 0 Å². The fraction of sp³-hybridized carbons (Fsp3) is 0.409. The second kappa shape index (κ2) is 9.22. The molecule has 1 atom stereocenters. The van der Waals surface area contributed by atoms with E-state index in [1.807, 2.05) is 0 Å². The molecule has 1 aromatic rings. The van der Waals surface area contributed by atoms with Crippen LogP contribution >= 0.6 is 0 Å². The van der Waals surface area contributed by atoms with Gasteiger partial charge in [-0.3, -0.25) is 24.0 Å². The number of carbonyl (C=O) groups excluding carboxylic acids is 5. The molecule has 166 valence electrons. The van der Waals surface area contributed by atoms with Gasteiger partial charge in [-0.25, -0.2) is 0 Å². The van der Waals surface area contributed by atoms with E-state index in [4.69, 9.17) is 14.2 Å². The summed E-state index contributed by atoms with van der Waals surface area (Å²) >= 11 is 0. The number of allylic oxidation sites excluding steroid dienone is 1. The first-order valence-electron chi connectivity index (χ1n) is 9.54. The maximum atomic E-state index is 13.3. The number of ether oxygens (including phenoxy) is 3.